The van der Waals surface area contributed by atoms with Gasteiger partial charge in [0.25, 0.3) is 10.2 Å². The highest BCUT2D eigenvalue weighted by Gasteiger charge is 2.29. The summed E-state index contributed by atoms with van der Waals surface area (Å²) in [4.78, 5) is 0. The molecule has 1 N–H and O–H groups in total. The number of benzene rings is 1. The Morgan fingerprint density at radius 1 is 1.20 bits per heavy atom. The maximum atomic E-state index is 12.7. The number of piperazine rings is 1. The van der Waals surface area contributed by atoms with Gasteiger partial charge in [-0.3, -0.25) is 0 Å². The molecule has 2 rings (SSSR count). The van der Waals surface area contributed by atoms with Gasteiger partial charge in [-0.1, -0.05) is 37.3 Å². The van der Waals surface area contributed by atoms with Crippen LogP contribution in [0, 0.1) is 0 Å². The van der Waals surface area contributed by atoms with Crippen LogP contribution in [0.15, 0.2) is 30.3 Å². The Morgan fingerprint density at radius 3 is 2.45 bits per heavy atom. The van der Waals surface area contributed by atoms with Crippen LogP contribution in [-0.4, -0.2) is 49.8 Å². The van der Waals surface area contributed by atoms with Crippen LogP contribution >= 0.6 is 0 Å². The molecule has 0 aromatic heterocycles. The topological polar surface area (TPSA) is 52.7 Å². The zero-order chi connectivity index (χ0) is 14.4. The van der Waals surface area contributed by atoms with E-state index in [4.69, 9.17) is 0 Å². The predicted molar refractivity (Wildman–Crippen MR) is 80.5 cm³/mol. The molecule has 1 aliphatic rings. The van der Waals surface area contributed by atoms with Gasteiger partial charge in [0.1, 0.15) is 0 Å². The largest absolute Gasteiger partial charge is 0.314 e. The van der Waals surface area contributed by atoms with Gasteiger partial charge in [0.05, 0.1) is 0 Å². The lowest BCUT2D eigenvalue weighted by Gasteiger charge is -2.32. The summed E-state index contributed by atoms with van der Waals surface area (Å²) in [6.07, 6.45) is 0.818. The van der Waals surface area contributed by atoms with E-state index in [0.29, 0.717) is 26.2 Å². The first-order valence-corrected chi connectivity index (χ1v) is 8.54. The fraction of sp³-hybridized carbons (Fsp3) is 0.571. The Hall–Kier alpha value is -0.950. The molecule has 20 heavy (non-hydrogen) atoms. The third-order valence-corrected chi connectivity index (χ3v) is 5.39. The summed E-state index contributed by atoms with van der Waals surface area (Å²) in [6, 6.07) is 9.76. The number of rotatable bonds is 6. The zero-order valence-corrected chi connectivity index (χ0v) is 12.8. The lowest BCUT2D eigenvalue weighted by atomic mass is 10.2. The molecule has 112 valence electrons. The Balaban J connectivity index is 2.14. The molecule has 5 nitrogen and oxygen atoms in total. The smallest absolute Gasteiger partial charge is 0.282 e. The molecule has 0 amide bonds. The summed E-state index contributed by atoms with van der Waals surface area (Å²) >= 11 is 0. The highest BCUT2D eigenvalue weighted by molar-refractivity contribution is 7.86. The first-order valence-electron chi connectivity index (χ1n) is 7.14. The second-order valence-electron chi connectivity index (χ2n) is 4.98. The van der Waals surface area contributed by atoms with Crippen molar-refractivity contribution in [3.8, 4) is 0 Å². The first kappa shape index (κ1) is 15.4. The van der Waals surface area contributed by atoms with E-state index in [1.807, 2.05) is 37.3 Å². The van der Waals surface area contributed by atoms with Crippen molar-refractivity contribution in [3.05, 3.63) is 35.9 Å². The minimum Gasteiger partial charge on any atom is -0.314 e. The maximum absolute atomic E-state index is 12.7. The fourth-order valence-electron chi connectivity index (χ4n) is 2.35. The van der Waals surface area contributed by atoms with Crippen molar-refractivity contribution < 1.29 is 8.42 Å². The lowest BCUT2D eigenvalue weighted by molar-refractivity contribution is 0.307. The standard InChI is InChI=1S/C14H23N3O2S/c1-2-10-17(13-14-6-4-3-5-7-14)20(18,19)16-11-8-15-9-12-16/h3-7,15H,2,8-13H2,1H3. The van der Waals surface area contributed by atoms with E-state index in [2.05, 4.69) is 5.32 Å². The van der Waals surface area contributed by atoms with E-state index in [9.17, 15) is 8.42 Å². The highest BCUT2D eigenvalue weighted by atomic mass is 32.2. The average Bonchev–Trinajstić information content (AvgIpc) is 2.49. The fourth-order valence-corrected chi connectivity index (χ4v) is 4.05. The van der Waals surface area contributed by atoms with Gasteiger partial charge in [0.2, 0.25) is 0 Å². The van der Waals surface area contributed by atoms with E-state index < -0.39 is 10.2 Å². The van der Waals surface area contributed by atoms with Crippen molar-refractivity contribution >= 4 is 10.2 Å². The van der Waals surface area contributed by atoms with E-state index in [-0.39, 0.29) is 0 Å². The van der Waals surface area contributed by atoms with Gasteiger partial charge < -0.3 is 5.32 Å². The Kier molecular flexibility index (Phi) is 5.54. The average molecular weight is 297 g/mol. The summed E-state index contributed by atoms with van der Waals surface area (Å²) in [5.41, 5.74) is 1.03. The Bertz CT molecular complexity index is 498. The summed E-state index contributed by atoms with van der Waals surface area (Å²) in [7, 11) is -3.36. The minimum absolute atomic E-state index is 0.445. The molecule has 1 aromatic rings. The second-order valence-corrected chi connectivity index (χ2v) is 6.90. The molecule has 0 spiro atoms. The van der Waals surface area contributed by atoms with Crippen molar-refractivity contribution in [2.45, 2.75) is 19.9 Å². The van der Waals surface area contributed by atoms with E-state index in [1.165, 1.54) is 0 Å². The number of hydrogen-bond acceptors (Lipinski definition) is 3. The SMILES string of the molecule is CCCN(Cc1ccccc1)S(=O)(=O)N1CCNCC1. The second kappa shape index (κ2) is 7.17. The van der Waals surface area contributed by atoms with E-state index in [0.717, 1.165) is 25.1 Å². The Morgan fingerprint density at radius 2 is 1.85 bits per heavy atom. The number of nitrogens with one attached hydrogen (secondary N) is 1. The predicted octanol–water partition coefficient (Wildman–Crippen LogP) is 1.05. The molecule has 0 radical (unpaired) electrons. The monoisotopic (exact) mass is 297 g/mol. The zero-order valence-electron chi connectivity index (χ0n) is 12.0. The Labute approximate surface area is 121 Å². The van der Waals surface area contributed by atoms with E-state index in [1.54, 1.807) is 8.61 Å². The van der Waals surface area contributed by atoms with Crippen LogP contribution in [0.3, 0.4) is 0 Å². The molecule has 0 unspecified atom stereocenters. The third kappa shape index (κ3) is 3.79. The summed E-state index contributed by atoms with van der Waals surface area (Å²) in [5, 5.41) is 3.18. The van der Waals surface area contributed by atoms with Crippen LogP contribution in [0.5, 0.6) is 0 Å². The molecular formula is C14H23N3O2S. The molecule has 1 aliphatic heterocycles. The van der Waals surface area contributed by atoms with Crippen molar-refractivity contribution in [3.63, 3.8) is 0 Å². The molecular weight excluding hydrogens is 274 g/mol. The van der Waals surface area contributed by atoms with Crippen molar-refractivity contribution in [2.75, 3.05) is 32.7 Å². The molecule has 1 heterocycles. The van der Waals surface area contributed by atoms with Gasteiger partial charge >= 0.3 is 0 Å². The third-order valence-electron chi connectivity index (χ3n) is 3.40. The minimum atomic E-state index is -3.36. The van der Waals surface area contributed by atoms with Crippen LogP contribution < -0.4 is 5.32 Å². The van der Waals surface area contributed by atoms with Gasteiger partial charge in [0.15, 0.2) is 0 Å². The van der Waals surface area contributed by atoms with Crippen molar-refractivity contribution in [2.24, 2.45) is 0 Å². The molecule has 1 aromatic carbocycles. The van der Waals surface area contributed by atoms with Crippen molar-refractivity contribution in [1.82, 2.24) is 13.9 Å². The van der Waals surface area contributed by atoms with Gasteiger partial charge in [-0.15, -0.1) is 0 Å². The van der Waals surface area contributed by atoms with Crippen LogP contribution in [0.4, 0.5) is 0 Å². The quantitative estimate of drug-likeness (QED) is 0.854. The van der Waals surface area contributed by atoms with Crippen LogP contribution in [0.25, 0.3) is 0 Å². The van der Waals surface area contributed by atoms with Gasteiger partial charge in [-0.2, -0.15) is 17.0 Å². The summed E-state index contributed by atoms with van der Waals surface area (Å²) < 4.78 is 28.6. The normalized spacial score (nSPS) is 17.5. The van der Waals surface area contributed by atoms with Crippen LogP contribution in [0.2, 0.25) is 0 Å². The molecule has 0 atom stereocenters. The van der Waals surface area contributed by atoms with Gasteiger partial charge in [-0.25, -0.2) is 0 Å². The van der Waals surface area contributed by atoms with Crippen LogP contribution in [0.1, 0.15) is 18.9 Å². The van der Waals surface area contributed by atoms with Crippen molar-refractivity contribution in [1.29, 1.82) is 0 Å². The molecule has 6 heteroatoms. The van der Waals surface area contributed by atoms with Gasteiger partial charge in [0, 0.05) is 39.3 Å². The summed E-state index contributed by atoms with van der Waals surface area (Å²) in [5.74, 6) is 0. The molecule has 1 saturated heterocycles. The highest BCUT2D eigenvalue weighted by Crippen LogP contribution is 2.14. The van der Waals surface area contributed by atoms with Gasteiger partial charge in [-0.05, 0) is 12.0 Å². The molecule has 0 saturated carbocycles. The maximum Gasteiger partial charge on any atom is 0.282 e. The lowest BCUT2D eigenvalue weighted by Crippen LogP contribution is -2.51. The molecule has 0 aliphatic carbocycles. The van der Waals surface area contributed by atoms with E-state index >= 15 is 0 Å². The molecule has 0 bridgehead atoms. The number of nitrogens with zero attached hydrogens (tertiary/aromatic N) is 2. The summed E-state index contributed by atoms with van der Waals surface area (Å²) in [6.45, 7) is 5.57. The molecule has 1 fully saturated rings. The van der Waals surface area contributed by atoms with Crippen LogP contribution in [-0.2, 0) is 16.8 Å². The number of hydrogen-bond donors (Lipinski definition) is 1. The first-order chi connectivity index (χ1) is 9.64.